The van der Waals surface area contributed by atoms with Crippen LogP contribution in [-0.4, -0.2) is 63.2 Å². The lowest BCUT2D eigenvalue weighted by Gasteiger charge is -2.36. The predicted molar refractivity (Wildman–Crippen MR) is 136 cm³/mol. The van der Waals surface area contributed by atoms with Crippen molar-refractivity contribution in [3.8, 4) is 5.75 Å². The minimum absolute atomic E-state index is 0.0198. The Morgan fingerprint density at radius 3 is 2.43 bits per heavy atom. The SMILES string of the molecule is CCN(c1ccc(C(COC)CC(=O)O)cc1NC(=O)Nc1ccc(OC(F)F)cc1)C1CCOCC1. The lowest BCUT2D eigenvalue weighted by Crippen LogP contribution is -2.40. The van der Waals surface area contributed by atoms with Gasteiger partial charge < -0.3 is 34.9 Å². The van der Waals surface area contributed by atoms with Gasteiger partial charge in [0.2, 0.25) is 0 Å². The number of methoxy groups -OCH3 is 1. The van der Waals surface area contributed by atoms with Gasteiger partial charge in [-0.3, -0.25) is 4.79 Å². The monoisotopic (exact) mass is 521 g/mol. The predicted octanol–water partition coefficient (Wildman–Crippen LogP) is 5.14. The van der Waals surface area contributed by atoms with Gasteiger partial charge in [0.1, 0.15) is 5.75 Å². The van der Waals surface area contributed by atoms with E-state index in [-0.39, 0.29) is 24.8 Å². The summed E-state index contributed by atoms with van der Waals surface area (Å²) in [7, 11) is 1.51. The lowest BCUT2D eigenvalue weighted by atomic mass is 9.95. The molecule has 0 aliphatic carbocycles. The highest BCUT2D eigenvalue weighted by atomic mass is 19.3. The highest BCUT2D eigenvalue weighted by molar-refractivity contribution is 6.02. The van der Waals surface area contributed by atoms with E-state index in [1.165, 1.54) is 31.4 Å². The standard InChI is InChI=1S/C26H33F2N3O6/c1-3-31(20-10-12-36-13-11-20)23-9-4-17(18(16-35-2)15-24(32)33)14-22(23)30-26(34)29-19-5-7-21(8-6-19)37-25(27)28/h4-9,14,18,20,25H,3,10-13,15-16H2,1-2H3,(H,32,33)(H2,29,30,34). The van der Waals surface area contributed by atoms with Crippen LogP contribution in [0.1, 0.15) is 37.7 Å². The molecule has 1 heterocycles. The van der Waals surface area contributed by atoms with E-state index in [1.54, 1.807) is 6.07 Å². The van der Waals surface area contributed by atoms with Crippen molar-refractivity contribution < 1.29 is 37.7 Å². The number of aliphatic carboxylic acids is 1. The Morgan fingerprint density at radius 1 is 1.14 bits per heavy atom. The summed E-state index contributed by atoms with van der Waals surface area (Å²) >= 11 is 0. The zero-order chi connectivity index (χ0) is 26.8. The number of nitrogens with one attached hydrogen (secondary N) is 2. The van der Waals surface area contributed by atoms with Crippen LogP contribution < -0.4 is 20.3 Å². The number of hydrogen-bond acceptors (Lipinski definition) is 6. The van der Waals surface area contributed by atoms with Crippen molar-refractivity contribution in [3.05, 3.63) is 48.0 Å². The molecule has 2 amide bonds. The molecule has 1 unspecified atom stereocenters. The van der Waals surface area contributed by atoms with E-state index in [0.29, 0.717) is 31.1 Å². The topological polar surface area (TPSA) is 109 Å². The highest BCUT2D eigenvalue weighted by Crippen LogP contribution is 2.34. The van der Waals surface area contributed by atoms with Crippen molar-refractivity contribution in [2.45, 2.75) is 44.8 Å². The maximum absolute atomic E-state index is 12.9. The minimum atomic E-state index is -2.94. The van der Waals surface area contributed by atoms with Crippen molar-refractivity contribution in [2.75, 3.05) is 49.0 Å². The van der Waals surface area contributed by atoms with E-state index in [2.05, 4.69) is 20.3 Å². The number of carbonyl (C=O) groups excluding carboxylic acids is 1. The number of carboxylic acid groups (broad SMARTS) is 1. The molecular formula is C26H33F2N3O6. The van der Waals surface area contributed by atoms with E-state index in [0.717, 1.165) is 24.1 Å². The maximum Gasteiger partial charge on any atom is 0.387 e. The van der Waals surface area contributed by atoms with Crippen LogP contribution in [0.3, 0.4) is 0 Å². The average molecular weight is 522 g/mol. The Balaban J connectivity index is 1.87. The van der Waals surface area contributed by atoms with Crippen LogP contribution in [0.2, 0.25) is 0 Å². The summed E-state index contributed by atoms with van der Waals surface area (Å²) < 4.78 is 39.9. The zero-order valence-corrected chi connectivity index (χ0v) is 20.9. The van der Waals surface area contributed by atoms with Crippen LogP contribution in [0.5, 0.6) is 5.75 Å². The van der Waals surface area contributed by atoms with Gasteiger partial charge in [-0.2, -0.15) is 8.78 Å². The molecule has 1 aliphatic rings. The van der Waals surface area contributed by atoms with Gasteiger partial charge >= 0.3 is 18.6 Å². The molecule has 11 heteroatoms. The summed E-state index contributed by atoms with van der Waals surface area (Å²) in [4.78, 5) is 26.6. The zero-order valence-electron chi connectivity index (χ0n) is 20.9. The molecule has 9 nitrogen and oxygen atoms in total. The van der Waals surface area contributed by atoms with Crippen molar-refractivity contribution in [1.82, 2.24) is 0 Å². The van der Waals surface area contributed by atoms with E-state index in [4.69, 9.17) is 9.47 Å². The molecule has 1 atom stereocenters. The van der Waals surface area contributed by atoms with E-state index in [9.17, 15) is 23.5 Å². The first kappa shape index (κ1) is 28.1. The van der Waals surface area contributed by atoms with Crippen molar-refractivity contribution in [1.29, 1.82) is 0 Å². The molecule has 0 radical (unpaired) electrons. The molecule has 2 aromatic rings. The van der Waals surface area contributed by atoms with Crippen molar-refractivity contribution in [3.63, 3.8) is 0 Å². The van der Waals surface area contributed by atoms with E-state index < -0.39 is 24.5 Å². The van der Waals surface area contributed by atoms with E-state index in [1.807, 2.05) is 19.1 Å². The van der Waals surface area contributed by atoms with E-state index >= 15 is 0 Å². The second-order valence-corrected chi connectivity index (χ2v) is 8.64. The third-order valence-electron chi connectivity index (χ3n) is 6.15. The largest absolute Gasteiger partial charge is 0.481 e. The van der Waals surface area contributed by atoms with Crippen LogP contribution in [0.15, 0.2) is 42.5 Å². The van der Waals surface area contributed by atoms with Gasteiger partial charge in [0, 0.05) is 44.5 Å². The lowest BCUT2D eigenvalue weighted by molar-refractivity contribution is -0.137. The Morgan fingerprint density at radius 2 is 1.84 bits per heavy atom. The van der Waals surface area contributed by atoms with Gasteiger partial charge in [-0.15, -0.1) is 0 Å². The molecule has 1 saturated heterocycles. The molecule has 0 spiro atoms. The first-order chi connectivity index (χ1) is 17.8. The Kier molecular flexibility index (Phi) is 10.5. The maximum atomic E-state index is 12.9. The molecule has 0 aromatic heterocycles. The average Bonchev–Trinajstić information content (AvgIpc) is 2.86. The Hall–Kier alpha value is -3.44. The molecule has 0 bridgehead atoms. The third kappa shape index (κ3) is 8.29. The fourth-order valence-corrected chi connectivity index (χ4v) is 4.47. The molecule has 1 fully saturated rings. The number of nitrogens with zero attached hydrogens (tertiary/aromatic N) is 1. The van der Waals surface area contributed by atoms with Crippen LogP contribution >= 0.6 is 0 Å². The summed E-state index contributed by atoms with van der Waals surface area (Å²) in [6.07, 6.45) is 1.57. The number of anilines is 3. The second-order valence-electron chi connectivity index (χ2n) is 8.64. The number of halogens is 2. The summed E-state index contributed by atoms with van der Waals surface area (Å²) in [5, 5.41) is 14.9. The Labute approximate surface area is 214 Å². The summed E-state index contributed by atoms with van der Waals surface area (Å²) in [6.45, 7) is 1.32. The number of urea groups is 1. The first-order valence-corrected chi connectivity index (χ1v) is 12.1. The molecular weight excluding hydrogens is 488 g/mol. The number of amides is 2. The van der Waals surface area contributed by atoms with Gasteiger partial charge in [0.15, 0.2) is 0 Å². The number of benzene rings is 2. The van der Waals surface area contributed by atoms with Crippen LogP contribution in [0.4, 0.5) is 30.6 Å². The number of ether oxygens (including phenoxy) is 3. The number of rotatable bonds is 12. The smallest absolute Gasteiger partial charge is 0.387 e. The second kappa shape index (κ2) is 13.8. The van der Waals surface area contributed by atoms with Crippen LogP contribution in [0, 0.1) is 0 Å². The fraction of sp³-hybridized carbons (Fsp3) is 0.462. The molecule has 3 rings (SSSR count). The quantitative estimate of drug-likeness (QED) is 0.355. The molecule has 3 N–H and O–H groups in total. The summed E-state index contributed by atoms with van der Waals surface area (Å²) in [5.41, 5.74) is 2.43. The fourth-order valence-electron chi connectivity index (χ4n) is 4.47. The summed E-state index contributed by atoms with van der Waals surface area (Å²) in [6, 6.07) is 10.8. The Bertz CT molecular complexity index is 1030. The van der Waals surface area contributed by atoms with Crippen molar-refractivity contribution >= 4 is 29.1 Å². The molecule has 0 saturated carbocycles. The molecule has 1 aliphatic heterocycles. The number of carbonyl (C=O) groups is 2. The third-order valence-corrected chi connectivity index (χ3v) is 6.15. The van der Waals surface area contributed by atoms with Gasteiger partial charge in [-0.1, -0.05) is 6.07 Å². The summed E-state index contributed by atoms with van der Waals surface area (Å²) in [5.74, 6) is -1.37. The molecule has 202 valence electrons. The minimum Gasteiger partial charge on any atom is -0.481 e. The highest BCUT2D eigenvalue weighted by Gasteiger charge is 2.25. The first-order valence-electron chi connectivity index (χ1n) is 12.1. The molecule has 37 heavy (non-hydrogen) atoms. The number of carboxylic acids is 1. The van der Waals surface area contributed by atoms with Crippen molar-refractivity contribution in [2.24, 2.45) is 0 Å². The number of alkyl halides is 2. The number of hydrogen-bond donors (Lipinski definition) is 3. The van der Waals surface area contributed by atoms with Crippen LogP contribution in [-0.2, 0) is 14.3 Å². The van der Waals surface area contributed by atoms with Gasteiger partial charge in [-0.25, -0.2) is 4.79 Å². The van der Waals surface area contributed by atoms with Gasteiger partial charge in [0.05, 0.1) is 24.4 Å². The van der Waals surface area contributed by atoms with Gasteiger partial charge in [0.25, 0.3) is 0 Å². The molecule has 2 aromatic carbocycles. The normalized spacial score (nSPS) is 14.7. The van der Waals surface area contributed by atoms with Crippen LogP contribution in [0.25, 0.3) is 0 Å². The van der Waals surface area contributed by atoms with Gasteiger partial charge in [-0.05, 0) is 61.7 Å².